The van der Waals surface area contributed by atoms with Crippen LogP contribution in [0.25, 0.3) is 11.1 Å². The van der Waals surface area contributed by atoms with Crippen LogP contribution in [-0.2, 0) is 0 Å². The Morgan fingerprint density at radius 1 is 0.750 bits per heavy atom. The van der Waals surface area contributed by atoms with E-state index in [0.717, 1.165) is 11.1 Å². The Kier molecular flexibility index (Phi) is 3.29. The van der Waals surface area contributed by atoms with Gasteiger partial charge in [-0.3, -0.25) is 0 Å². The summed E-state index contributed by atoms with van der Waals surface area (Å²) in [7, 11) is 0. The molecule has 0 aliphatic carbocycles. The molecule has 0 aliphatic rings. The van der Waals surface area contributed by atoms with Gasteiger partial charge >= 0.3 is 0 Å². The molecule has 16 heavy (non-hydrogen) atoms. The van der Waals surface area contributed by atoms with Crippen molar-refractivity contribution in [1.82, 2.24) is 0 Å². The molecule has 0 saturated heterocycles. The quantitative estimate of drug-likeness (QED) is 0.734. The van der Waals surface area contributed by atoms with E-state index >= 15 is 0 Å². The molecule has 0 saturated carbocycles. The Hall–Kier alpha value is -0.890. The van der Waals surface area contributed by atoms with Gasteiger partial charge in [-0.2, -0.15) is 0 Å². The van der Waals surface area contributed by atoms with Crippen molar-refractivity contribution in [3.05, 3.63) is 51.5 Å². The van der Waals surface area contributed by atoms with Gasteiger partial charge in [0.25, 0.3) is 0 Å². The zero-order chi connectivity index (χ0) is 11.7. The average Bonchev–Trinajstić information content (AvgIpc) is 2.20. The monoisotopic (exact) mass is 271 g/mol. The Labute approximate surface area is 109 Å². The van der Waals surface area contributed by atoms with Crippen LogP contribution in [0.15, 0.2) is 36.4 Å². The minimum atomic E-state index is 0.522. The maximum absolute atomic E-state index is 5.95. The fourth-order valence-corrected chi connectivity index (χ4v) is 2.13. The summed E-state index contributed by atoms with van der Waals surface area (Å²) in [6.07, 6.45) is 0. The van der Waals surface area contributed by atoms with Crippen LogP contribution < -0.4 is 5.73 Å². The van der Waals surface area contributed by atoms with Crippen molar-refractivity contribution >= 4 is 40.5 Å². The number of hydrogen-bond donors (Lipinski definition) is 1. The number of nitrogens with two attached hydrogens (primary N) is 1. The molecule has 0 spiro atoms. The molecule has 2 rings (SSSR count). The lowest BCUT2D eigenvalue weighted by atomic mass is 10.1. The first kappa shape index (κ1) is 11.6. The molecule has 4 heteroatoms. The van der Waals surface area contributed by atoms with Crippen LogP contribution in [0.2, 0.25) is 15.1 Å². The summed E-state index contributed by atoms with van der Waals surface area (Å²) in [4.78, 5) is 0. The maximum atomic E-state index is 5.95. The highest BCUT2D eigenvalue weighted by Gasteiger charge is 2.03. The van der Waals surface area contributed by atoms with E-state index in [2.05, 4.69) is 0 Å². The van der Waals surface area contributed by atoms with Gasteiger partial charge < -0.3 is 5.73 Å². The van der Waals surface area contributed by atoms with Gasteiger partial charge in [-0.1, -0.05) is 40.9 Å². The standard InChI is InChI=1S/C12H8Cl3N/c13-9-3-8(4-10(14)6-9)7-1-2-12(16)11(15)5-7/h1-6H,16H2. The second kappa shape index (κ2) is 4.54. The topological polar surface area (TPSA) is 26.0 Å². The molecule has 0 atom stereocenters. The van der Waals surface area contributed by atoms with Crippen molar-refractivity contribution in [2.75, 3.05) is 5.73 Å². The number of anilines is 1. The Morgan fingerprint density at radius 3 is 1.94 bits per heavy atom. The third-order valence-corrected chi connectivity index (χ3v) is 2.96. The van der Waals surface area contributed by atoms with E-state index < -0.39 is 0 Å². The number of benzene rings is 2. The van der Waals surface area contributed by atoms with Gasteiger partial charge in [-0.25, -0.2) is 0 Å². The molecule has 0 amide bonds. The predicted octanol–water partition coefficient (Wildman–Crippen LogP) is 4.90. The van der Waals surface area contributed by atoms with Gasteiger partial charge in [0, 0.05) is 10.0 Å². The van der Waals surface area contributed by atoms with Crippen LogP contribution in [0.5, 0.6) is 0 Å². The molecular formula is C12H8Cl3N. The third kappa shape index (κ3) is 2.43. The third-order valence-electron chi connectivity index (χ3n) is 2.20. The lowest BCUT2D eigenvalue weighted by molar-refractivity contribution is 1.61. The minimum absolute atomic E-state index is 0.522. The molecule has 2 aromatic carbocycles. The van der Waals surface area contributed by atoms with Crippen LogP contribution in [0.4, 0.5) is 5.69 Å². The first-order valence-electron chi connectivity index (χ1n) is 4.58. The molecular weight excluding hydrogens is 264 g/mol. The molecule has 2 N–H and O–H groups in total. The second-order valence-electron chi connectivity index (χ2n) is 3.39. The van der Waals surface area contributed by atoms with E-state index in [1.807, 2.05) is 18.2 Å². The van der Waals surface area contributed by atoms with Gasteiger partial charge in [-0.05, 0) is 41.5 Å². The smallest absolute Gasteiger partial charge is 0.0641 e. The zero-order valence-electron chi connectivity index (χ0n) is 8.18. The Balaban J connectivity index is 2.54. The predicted molar refractivity (Wildman–Crippen MR) is 71.3 cm³/mol. The highest BCUT2D eigenvalue weighted by atomic mass is 35.5. The van der Waals surface area contributed by atoms with Crippen molar-refractivity contribution in [2.45, 2.75) is 0 Å². The van der Waals surface area contributed by atoms with Crippen LogP contribution in [0.1, 0.15) is 0 Å². The number of halogens is 3. The molecule has 82 valence electrons. The first-order valence-corrected chi connectivity index (χ1v) is 5.71. The SMILES string of the molecule is Nc1ccc(-c2cc(Cl)cc(Cl)c2)cc1Cl. The Bertz CT molecular complexity index is 518. The molecule has 2 aromatic rings. The molecule has 0 bridgehead atoms. The normalized spacial score (nSPS) is 10.4. The van der Waals surface area contributed by atoms with E-state index in [4.69, 9.17) is 40.5 Å². The van der Waals surface area contributed by atoms with Crippen LogP contribution in [-0.4, -0.2) is 0 Å². The van der Waals surface area contributed by atoms with E-state index in [-0.39, 0.29) is 0 Å². The average molecular weight is 273 g/mol. The first-order chi connectivity index (χ1) is 7.56. The molecule has 0 unspecified atom stereocenters. The van der Waals surface area contributed by atoms with Gasteiger partial charge in [0.2, 0.25) is 0 Å². The van der Waals surface area contributed by atoms with Crippen molar-refractivity contribution in [2.24, 2.45) is 0 Å². The maximum Gasteiger partial charge on any atom is 0.0641 e. The number of nitrogen functional groups attached to an aromatic ring is 1. The lowest BCUT2D eigenvalue weighted by Crippen LogP contribution is -1.86. The van der Waals surface area contributed by atoms with Crippen LogP contribution in [0.3, 0.4) is 0 Å². The van der Waals surface area contributed by atoms with E-state index in [1.165, 1.54) is 0 Å². The summed E-state index contributed by atoms with van der Waals surface area (Å²) in [5.41, 5.74) is 8.05. The van der Waals surface area contributed by atoms with E-state index in [1.54, 1.807) is 18.2 Å². The molecule has 0 aliphatic heterocycles. The van der Waals surface area contributed by atoms with Gasteiger partial charge in [-0.15, -0.1) is 0 Å². The molecule has 0 aromatic heterocycles. The van der Waals surface area contributed by atoms with Gasteiger partial charge in [0.15, 0.2) is 0 Å². The van der Waals surface area contributed by atoms with Crippen LogP contribution in [0, 0.1) is 0 Å². The second-order valence-corrected chi connectivity index (χ2v) is 4.67. The zero-order valence-corrected chi connectivity index (χ0v) is 10.4. The number of hydrogen-bond acceptors (Lipinski definition) is 1. The Morgan fingerprint density at radius 2 is 1.38 bits per heavy atom. The molecule has 0 heterocycles. The number of rotatable bonds is 1. The lowest BCUT2D eigenvalue weighted by Gasteiger charge is -2.05. The van der Waals surface area contributed by atoms with Gasteiger partial charge in [0.05, 0.1) is 10.7 Å². The largest absolute Gasteiger partial charge is 0.398 e. The van der Waals surface area contributed by atoms with E-state index in [9.17, 15) is 0 Å². The van der Waals surface area contributed by atoms with Crippen molar-refractivity contribution in [1.29, 1.82) is 0 Å². The summed E-state index contributed by atoms with van der Waals surface area (Å²) in [5, 5.41) is 1.71. The summed E-state index contributed by atoms with van der Waals surface area (Å²) in [5.74, 6) is 0. The minimum Gasteiger partial charge on any atom is -0.398 e. The molecule has 1 nitrogen and oxygen atoms in total. The molecule has 0 fully saturated rings. The van der Waals surface area contributed by atoms with E-state index in [0.29, 0.717) is 20.8 Å². The highest BCUT2D eigenvalue weighted by molar-refractivity contribution is 6.35. The molecule has 0 radical (unpaired) electrons. The summed E-state index contributed by atoms with van der Waals surface area (Å²) < 4.78 is 0. The van der Waals surface area contributed by atoms with Crippen molar-refractivity contribution in [3.63, 3.8) is 0 Å². The summed E-state index contributed by atoms with van der Waals surface area (Å²) in [6.45, 7) is 0. The summed E-state index contributed by atoms with van der Waals surface area (Å²) in [6, 6.07) is 10.8. The highest BCUT2D eigenvalue weighted by Crippen LogP contribution is 2.30. The van der Waals surface area contributed by atoms with Crippen LogP contribution >= 0.6 is 34.8 Å². The fraction of sp³-hybridized carbons (Fsp3) is 0. The van der Waals surface area contributed by atoms with Crippen molar-refractivity contribution < 1.29 is 0 Å². The summed E-state index contributed by atoms with van der Waals surface area (Å²) >= 11 is 17.8. The van der Waals surface area contributed by atoms with Crippen molar-refractivity contribution in [3.8, 4) is 11.1 Å². The van der Waals surface area contributed by atoms with Gasteiger partial charge in [0.1, 0.15) is 0 Å². The fourth-order valence-electron chi connectivity index (χ4n) is 1.43.